The van der Waals surface area contributed by atoms with E-state index in [1.807, 2.05) is 24.0 Å². The first-order valence-electron chi connectivity index (χ1n) is 7.16. The maximum atomic E-state index is 13.0. The fourth-order valence-corrected chi connectivity index (χ4v) is 2.88. The summed E-state index contributed by atoms with van der Waals surface area (Å²) in [7, 11) is 0. The predicted molar refractivity (Wildman–Crippen MR) is 77.1 cm³/mol. The fourth-order valence-electron chi connectivity index (χ4n) is 2.88. The van der Waals surface area contributed by atoms with Crippen molar-refractivity contribution in [1.82, 2.24) is 10.3 Å². The molecule has 0 radical (unpaired) electrons. The average Bonchev–Trinajstić information content (AvgIpc) is 2.49. The molecule has 0 spiro atoms. The van der Waals surface area contributed by atoms with Crippen LogP contribution in [0.4, 0.5) is 5.69 Å². The van der Waals surface area contributed by atoms with Crippen LogP contribution in [0.25, 0.3) is 0 Å². The fraction of sp³-hybridized carbons (Fsp3) is 0.600. The third-order valence-electron chi connectivity index (χ3n) is 4.23. The van der Waals surface area contributed by atoms with E-state index in [1.54, 1.807) is 12.4 Å². The molecule has 0 unspecified atom stereocenters. The van der Waals surface area contributed by atoms with Crippen molar-refractivity contribution < 1.29 is 4.79 Å². The van der Waals surface area contributed by atoms with Crippen LogP contribution >= 0.6 is 0 Å². The number of nitrogens with one attached hydrogen (secondary N) is 1. The van der Waals surface area contributed by atoms with E-state index in [1.165, 1.54) is 0 Å². The molecule has 0 saturated carbocycles. The minimum atomic E-state index is -0.190. The number of piperidine rings is 1. The molecule has 1 aromatic rings. The van der Waals surface area contributed by atoms with E-state index < -0.39 is 0 Å². The number of carbonyl (C=O) groups is 1. The van der Waals surface area contributed by atoms with Crippen LogP contribution in [0.15, 0.2) is 24.5 Å². The van der Waals surface area contributed by atoms with E-state index in [0.29, 0.717) is 6.54 Å². The summed E-state index contributed by atoms with van der Waals surface area (Å²) >= 11 is 0. The van der Waals surface area contributed by atoms with Gasteiger partial charge in [-0.3, -0.25) is 9.78 Å². The van der Waals surface area contributed by atoms with Crippen molar-refractivity contribution in [2.24, 2.45) is 5.41 Å². The summed E-state index contributed by atoms with van der Waals surface area (Å²) in [6.45, 7) is 6.74. The van der Waals surface area contributed by atoms with Crippen LogP contribution in [0.3, 0.4) is 0 Å². The van der Waals surface area contributed by atoms with Gasteiger partial charge in [0, 0.05) is 24.6 Å². The lowest BCUT2D eigenvalue weighted by atomic mass is 9.75. The second kappa shape index (κ2) is 6.15. The monoisotopic (exact) mass is 261 g/mol. The van der Waals surface area contributed by atoms with Crippen LogP contribution in [0.5, 0.6) is 0 Å². The van der Waals surface area contributed by atoms with E-state index in [4.69, 9.17) is 0 Å². The third kappa shape index (κ3) is 2.78. The van der Waals surface area contributed by atoms with E-state index in [-0.39, 0.29) is 11.3 Å². The summed E-state index contributed by atoms with van der Waals surface area (Å²) in [5, 5.41) is 3.34. The van der Waals surface area contributed by atoms with Gasteiger partial charge in [-0.25, -0.2) is 0 Å². The zero-order valence-electron chi connectivity index (χ0n) is 11.9. The van der Waals surface area contributed by atoms with Crippen molar-refractivity contribution >= 4 is 11.6 Å². The molecule has 1 aliphatic rings. The van der Waals surface area contributed by atoms with Crippen LogP contribution in [0.1, 0.15) is 33.1 Å². The molecule has 2 rings (SSSR count). The van der Waals surface area contributed by atoms with Crippen LogP contribution in [-0.4, -0.2) is 30.5 Å². The second-order valence-electron chi connectivity index (χ2n) is 5.14. The highest BCUT2D eigenvalue weighted by molar-refractivity contribution is 5.97. The van der Waals surface area contributed by atoms with Gasteiger partial charge in [0.15, 0.2) is 0 Å². The number of anilines is 1. The van der Waals surface area contributed by atoms with Crippen LogP contribution in [-0.2, 0) is 4.79 Å². The van der Waals surface area contributed by atoms with E-state index >= 15 is 0 Å². The lowest BCUT2D eigenvalue weighted by molar-refractivity contribution is -0.130. The summed E-state index contributed by atoms with van der Waals surface area (Å²) in [5.41, 5.74) is 0.763. The quantitative estimate of drug-likeness (QED) is 0.904. The molecule has 1 aromatic heterocycles. The van der Waals surface area contributed by atoms with Crippen molar-refractivity contribution in [3.8, 4) is 0 Å². The Hall–Kier alpha value is -1.42. The average molecular weight is 261 g/mol. The Bertz CT molecular complexity index is 413. The summed E-state index contributed by atoms with van der Waals surface area (Å²) in [4.78, 5) is 18.9. The molecule has 104 valence electrons. The van der Waals surface area contributed by atoms with Crippen molar-refractivity contribution in [3.05, 3.63) is 24.5 Å². The van der Waals surface area contributed by atoms with Crippen LogP contribution in [0.2, 0.25) is 0 Å². The first-order valence-corrected chi connectivity index (χ1v) is 7.16. The minimum Gasteiger partial charge on any atom is -0.317 e. The van der Waals surface area contributed by atoms with Gasteiger partial charge in [-0.2, -0.15) is 0 Å². The van der Waals surface area contributed by atoms with Gasteiger partial charge in [-0.05, 0) is 51.4 Å². The number of rotatable bonds is 4. The maximum Gasteiger partial charge on any atom is 0.233 e. The first kappa shape index (κ1) is 14.0. The van der Waals surface area contributed by atoms with Gasteiger partial charge in [0.05, 0.1) is 5.41 Å². The number of hydrogen-bond donors (Lipinski definition) is 1. The van der Waals surface area contributed by atoms with Gasteiger partial charge in [0.1, 0.15) is 0 Å². The zero-order chi connectivity index (χ0) is 13.7. The van der Waals surface area contributed by atoms with Crippen molar-refractivity contribution in [2.75, 3.05) is 24.5 Å². The molecule has 0 aliphatic carbocycles. The van der Waals surface area contributed by atoms with Gasteiger partial charge in [0.25, 0.3) is 0 Å². The third-order valence-corrected chi connectivity index (χ3v) is 4.23. The van der Waals surface area contributed by atoms with E-state index in [0.717, 1.165) is 38.0 Å². The molecule has 1 N–H and O–H groups in total. The van der Waals surface area contributed by atoms with Crippen LogP contribution in [0, 0.1) is 5.41 Å². The Morgan fingerprint density at radius 1 is 1.32 bits per heavy atom. The zero-order valence-corrected chi connectivity index (χ0v) is 11.9. The lowest BCUT2D eigenvalue weighted by Gasteiger charge is -2.39. The normalized spacial score (nSPS) is 18.0. The number of nitrogens with zero attached hydrogens (tertiary/aromatic N) is 2. The molecule has 0 aromatic carbocycles. The summed E-state index contributed by atoms with van der Waals surface area (Å²) in [5.74, 6) is 0.269. The number of pyridine rings is 1. The number of amides is 1. The molecular formula is C15H23N3O. The number of carbonyl (C=O) groups excluding carboxylic acids is 1. The molecular weight excluding hydrogens is 238 g/mol. The van der Waals surface area contributed by atoms with Gasteiger partial charge in [0.2, 0.25) is 5.91 Å². The summed E-state index contributed by atoms with van der Waals surface area (Å²) in [6.07, 6.45) is 6.27. The highest BCUT2D eigenvalue weighted by Gasteiger charge is 2.40. The number of hydrogen-bond acceptors (Lipinski definition) is 3. The molecule has 2 heterocycles. The Kier molecular flexibility index (Phi) is 4.53. The number of aromatic nitrogens is 1. The highest BCUT2D eigenvalue weighted by Crippen LogP contribution is 2.35. The molecule has 1 aliphatic heterocycles. The van der Waals surface area contributed by atoms with Crippen molar-refractivity contribution in [2.45, 2.75) is 33.1 Å². The standard InChI is InChI=1S/C15H23N3O/c1-3-15(7-11-17-12-8-15)14(19)18(4-2)13-5-9-16-10-6-13/h5-6,9-10,17H,3-4,7-8,11-12H2,1-2H3. The molecule has 0 atom stereocenters. The highest BCUT2D eigenvalue weighted by atomic mass is 16.2. The van der Waals surface area contributed by atoms with Gasteiger partial charge >= 0.3 is 0 Å². The second-order valence-corrected chi connectivity index (χ2v) is 5.14. The molecule has 1 fully saturated rings. The lowest BCUT2D eigenvalue weighted by Crippen LogP contribution is -2.49. The summed E-state index contributed by atoms with van der Waals surface area (Å²) < 4.78 is 0. The maximum absolute atomic E-state index is 13.0. The van der Waals surface area contributed by atoms with Crippen LogP contribution < -0.4 is 10.2 Å². The molecule has 4 heteroatoms. The Labute approximate surface area is 115 Å². The predicted octanol–water partition coefficient (Wildman–Crippen LogP) is 2.21. The molecule has 19 heavy (non-hydrogen) atoms. The summed E-state index contributed by atoms with van der Waals surface area (Å²) in [6, 6.07) is 3.82. The minimum absolute atomic E-state index is 0.190. The first-order chi connectivity index (χ1) is 9.23. The Balaban J connectivity index is 2.24. The Morgan fingerprint density at radius 3 is 2.47 bits per heavy atom. The topological polar surface area (TPSA) is 45.2 Å². The van der Waals surface area contributed by atoms with Crippen molar-refractivity contribution in [3.63, 3.8) is 0 Å². The molecule has 0 bridgehead atoms. The molecule has 4 nitrogen and oxygen atoms in total. The van der Waals surface area contributed by atoms with Gasteiger partial charge in [-0.1, -0.05) is 6.92 Å². The van der Waals surface area contributed by atoms with Crippen molar-refractivity contribution in [1.29, 1.82) is 0 Å². The van der Waals surface area contributed by atoms with E-state index in [9.17, 15) is 4.79 Å². The van der Waals surface area contributed by atoms with E-state index in [2.05, 4.69) is 17.2 Å². The smallest absolute Gasteiger partial charge is 0.233 e. The SMILES string of the molecule is CCN(C(=O)C1(CC)CCNCC1)c1ccncc1. The van der Waals surface area contributed by atoms with Gasteiger partial charge in [-0.15, -0.1) is 0 Å². The van der Waals surface area contributed by atoms with Gasteiger partial charge < -0.3 is 10.2 Å². The molecule has 1 amide bonds. The molecule has 1 saturated heterocycles. The largest absolute Gasteiger partial charge is 0.317 e. The Morgan fingerprint density at radius 2 is 1.95 bits per heavy atom.